The van der Waals surface area contributed by atoms with Gasteiger partial charge >= 0.3 is 0 Å². The highest BCUT2D eigenvalue weighted by molar-refractivity contribution is 5.81. The van der Waals surface area contributed by atoms with Crippen molar-refractivity contribution in [2.24, 2.45) is 0 Å². The molecule has 0 unspecified atom stereocenters. The van der Waals surface area contributed by atoms with Crippen LogP contribution in [0, 0.1) is 0 Å². The standard InChI is InChI=1S/C22H29N5O2/c1-18(29-19-8-4-2-5-9-19)22(28)27-14-12-26(13-15-27)21-16-20(23-17-24-21)25-10-6-3-7-11-25/h2,4-5,8-9,16-18H,3,6-7,10-15H2,1H3/t18-/m1/s1. The minimum Gasteiger partial charge on any atom is -0.481 e. The quantitative estimate of drug-likeness (QED) is 0.776. The molecular formula is C22H29N5O2. The van der Waals surface area contributed by atoms with Gasteiger partial charge in [-0.15, -0.1) is 0 Å². The van der Waals surface area contributed by atoms with Crippen molar-refractivity contribution in [2.45, 2.75) is 32.3 Å². The minimum atomic E-state index is -0.492. The van der Waals surface area contributed by atoms with E-state index >= 15 is 0 Å². The van der Waals surface area contributed by atoms with Crippen molar-refractivity contribution in [3.63, 3.8) is 0 Å². The average Bonchev–Trinajstić information content (AvgIpc) is 2.80. The Morgan fingerprint density at radius 1 is 0.897 bits per heavy atom. The fourth-order valence-corrected chi connectivity index (χ4v) is 3.97. The Morgan fingerprint density at radius 2 is 1.52 bits per heavy atom. The molecule has 3 heterocycles. The zero-order valence-corrected chi connectivity index (χ0v) is 17.0. The van der Waals surface area contributed by atoms with Gasteiger partial charge in [0.05, 0.1) is 0 Å². The van der Waals surface area contributed by atoms with Crippen LogP contribution in [-0.4, -0.2) is 66.1 Å². The van der Waals surface area contributed by atoms with Gasteiger partial charge in [0.2, 0.25) is 0 Å². The molecule has 154 valence electrons. The largest absolute Gasteiger partial charge is 0.481 e. The lowest BCUT2D eigenvalue weighted by Crippen LogP contribution is -2.52. The number of benzene rings is 1. The first kappa shape index (κ1) is 19.5. The monoisotopic (exact) mass is 395 g/mol. The fraction of sp³-hybridized carbons (Fsp3) is 0.500. The molecule has 1 aromatic heterocycles. The lowest BCUT2D eigenvalue weighted by atomic mass is 10.1. The number of carbonyl (C=O) groups excluding carboxylic acids is 1. The van der Waals surface area contributed by atoms with Gasteiger partial charge in [-0.2, -0.15) is 0 Å². The van der Waals surface area contributed by atoms with Crippen molar-refractivity contribution < 1.29 is 9.53 Å². The molecule has 0 N–H and O–H groups in total. The van der Waals surface area contributed by atoms with E-state index in [1.54, 1.807) is 6.33 Å². The molecule has 0 bridgehead atoms. The van der Waals surface area contributed by atoms with Gasteiger partial charge in [-0.3, -0.25) is 4.79 Å². The third-order valence-corrected chi connectivity index (χ3v) is 5.64. The zero-order valence-electron chi connectivity index (χ0n) is 17.0. The second-order valence-corrected chi connectivity index (χ2v) is 7.67. The van der Waals surface area contributed by atoms with Crippen LogP contribution in [0.5, 0.6) is 5.75 Å². The van der Waals surface area contributed by atoms with E-state index in [1.165, 1.54) is 19.3 Å². The number of nitrogens with zero attached hydrogens (tertiary/aromatic N) is 5. The molecule has 29 heavy (non-hydrogen) atoms. The summed E-state index contributed by atoms with van der Waals surface area (Å²) in [6.07, 6.45) is 4.92. The number of amides is 1. The van der Waals surface area contributed by atoms with Gasteiger partial charge in [-0.1, -0.05) is 18.2 Å². The summed E-state index contributed by atoms with van der Waals surface area (Å²) in [7, 11) is 0. The molecule has 2 fully saturated rings. The first-order chi connectivity index (χ1) is 14.2. The van der Waals surface area contributed by atoms with Gasteiger partial charge in [0.1, 0.15) is 23.7 Å². The molecule has 7 nitrogen and oxygen atoms in total. The molecule has 2 aliphatic heterocycles. The smallest absolute Gasteiger partial charge is 0.263 e. The molecule has 1 aromatic carbocycles. The highest BCUT2D eigenvalue weighted by atomic mass is 16.5. The summed E-state index contributed by atoms with van der Waals surface area (Å²) in [5.41, 5.74) is 0. The third kappa shape index (κ3) is 4.78. The first-order valence-electron chi connectivity index (χ1n) is 10.5. The topological polar surface area (TPSA) is 61.8 Å². The molecule has 4 rings (SSSR count). The van der Waals surface area contributed by atoms with E-state index in [0.717, 1.165) is 43.6 Å². The van der Waals surface area contributed by atoms with Crippen molar-refractivity contribution in [1.29, 1.82) is 0 Å². The van der Waals surface area contributed by atoms with Gasteiger partial charge in [0.25, 0.3) is 5.91 Å². The van der Waals surface area contributed by atoms with E-state index in [9.17, 15) is 4.79 Å². The summed E-state index contributed by atoms with van der Waals surface area (Å²) in [6, 6.07) is 11.6. The number of ether oxygens (including phenoxy) is 1. The number of hydrogen-bond acceptors (Lipinski definition) is 6. The number of piperidine rings is 1. The van der Waals surface area contributed by atoms with Crippen molar-refractivity contribution in [3.05, 3.63) is 42.7 Å². The molecule has 0 aliphatic carbocycles. The number of rotatable bonds is 5. The molecule has 1 amide bonds. The molecular weight excluding hydrogens is 366 g/mol. The highest BCUT2D eigenvalue weighted by Crippen LogP contribution is 2.22. The van der Waals surface area contributed by atoms with Crippen LogP contribution in [0.2, 0.25) is 0 Å². The summed E-state index contributed by atoms with van der Waals surface area (Å²) in [5, 5.41) is 0. The Morgan fingerprint density at radius 3 is 2.17 bits per heavy atom. The fourth-order valence-electron chi connectivity index (χ4n) is 3.97. The van der Waals surface area contributed by atoms with E-state index in [2.05, 4.69) is 25.8 Å². The molecule has 7 heteroatoms. The van der Waals surface area contributed by atoms with E-state index in [1.807, 2.05) is 42.2 Å². The second kappa shape index (κ2) is 9.11. The summed E-state index contributed by atoms with van der Waals surface area (Å²) in [4.78, 5) is 28.2. The number of para-hydroxylation sites is 1. The van der Waals surface area contributed by atoms with Gasteiger partial charge < -0.3 is 19.4 Å². The Hall–Kier alpha value is -2.83. The van der Waals surface area contributed by atoms with Gasteiger partial charge in [0.15, 0.2) is 6.10 Å². The zero-order chi connectivity index (χ0) is 20.1. The Kier molecular flexibility index (Phi) is 6.12. The maximum atomic E-state index is 12.8. The number of anilines is 2. The third-order valence-electron chi connectivity index (χ3n) is 5.64. The summed E-state index contributed by atoms with van der Waals surface area (Å²) in [6.45, 7) is 6.82. The van der Waals surface area contributed by atoms with Crippen molar-refractivity contribution in [2.75, 3.05) is 49.1 Å². The SMILES string of the molecule is C[C@@H](Oc1ccccc1)C(=O)N1CCN(c2cc(N3CCCCC3)ncn2)CC1. The molecule has 0 saturated carbocycles. The molecule has 2 saturated heterocycles. The van der Waals surface area contributed by atoms with Crippen LogP contribution in [0.3, 0.4) is 0 Å². The molecule has 0 spiro atoms. The summed E-state index contributed by atoms with van der Waals surface area (Å²) < 4.78 is 5.79. The van der Waals surface area contributed by atoms with Crippen molar-refractivity contribution >= 4 is 17.5 Å². The van der Waals surface area contributed by atoms with Gasteiger partial charge in [-0.25, -0.2) is 9.97 Å². The van der Waals surface area contributed by atoms with Crippen LogP contribution in [0.4, 0.5) is 11.6 Å². The Labute approximate surface area is 172 Å². The van der Waals surface area contributed by atoms with E-state index in [0.29, 0.717) is 13.1 Å². The molecule has 1 atom stereocenters. The molecule has 2 aromatic rings. The van der Waals surface area contributed by atoms with E-state index in [-0.39, 0.29) is 5.91 Å². The predicted octanol–water partition coefficient (Wildman–Crippen LogP) is 2.58. The maximum Gasteiger partial charge on any atom is 0.263 e. The van der Waals surface area contributed by atoms with Crippen LogP contribution >= 0.6 is 0 Å². The number of carbonyl (C=O) groups is 1. The highest BCUT2D eigenvalue weighted by Gasteiger charge is 2.27. The van der Waals surface area contributed by atoms with E-state index < -0.39 is 6.10 Å². The van der Waals surface area contributed by atoms with Crippen LogP contribution in [-0.2, 0) is 4.79 Å². The van der Waals surface area contributed by atoms with Gasteiger partial charge in [0, 0.05) is 45.3 Å². The summed E-state index contributed by atoms with van der Waals surface area (Å²) >= 11 is 0. The number of aromatic nitrogens is 2. The average molecular weight is 396 g/mol. The number of hydrogen-bond donors (Lipinski definition) is 0. The normalized spacial score (nSPS) is 18.4. The first-order valence-corrected chi connectivity index (χ1v) is 10.5. The Balaban J connectivity index is 1.32. The van der Waals surface area contributed by atoms with Crippen LogP contribution in [0.15, 0.2) is 42.7 Å². The van der Waals surface area contributed by atoms with Crippen molar-refractivity contribution in [3.8, 4) is 5.75 Å². The lowest BCUT2D eigenvalue weighted by Gasteiger charge is -2.36. The van der Waals surface area contributed by atoms with Crippen molar-refractivity contribution in [1.82, 2.24) is 14.9 Å². The minimum absolute atomic E-state index is 0.0326. The van der Waals surface area contributed by atoms with E-state index in [4.69, 9.17) is 4.74 Å². The summed E-state index contributed by atoms with van der Waals surface area (Å²) in [5.74, 6) is 2.71. The predicted molar refractivity (Wildman–Crippen MR) is 113 cm³/mol. The van der Waals surface area contributed by atoms with Crippen LogP contribution < -0.4 is 14.5 Å². The molecule has 2 aliphatic rings. The number of piperazine rings is 1. The molecule has 0 radical (unpaired) electrons. The lowest BCUT2D eigenvalue weighted by molar-refractivity contribution is -0.138. The van der Waals surface area contributed by atoms with Crippen LogP contribution in [0.25, 0.3) is 0 Å². The van der Waals surface area contributed by atoms with Gasteiger partial charge in [-0.05, 0) is 38.3 Å². The van der Waals surface area contributed by atoms with Crippen LogP contribution in [0.1, 0.15) is 26.2 Å². The maximum absolute atomic E-state index is 12.8. The second-order valence-electron chi connectivity index (χ2n) is 7.67. The Bertz CT molecular complexity index is 802.